The lowest BCUT2D eigenvalue weighted by molar-refractivity contribution is 0.412. The van der Waals surface area contributed by atoms with E-state index in [1.807, 2.05) is 6.07 Å². The average Bonchev–Trinajstić information content (AvgIpc) is 3.00. The van der Waals surface area contributed by atoms with Gasteiger partial charge in [0.1, 0.15) is 5.75 Å². The van der Waals surface area contributed by atoms with Crippen molar-refractivity contribution in [2.24, 2.45) is 5.92 Å². The molecule has 0 bridgehead atoms. The van der Waals surface area contributed by atoms with Gasteiger partial charge < -0.3 is 4.74 Å². The summed E-state index contributed by atoms with van der Waals surface area (Å²) in [5.74, 6) is 1.72. The Morgan fingerprint density at radius 3 is 2.64 bits per heavy atom. The zero-order valence-corrected chi connectivity index (χ0v) is 11.1. The highest BCUT2D eigenvalue weighted by Crippen LogP contribution is 2.47. The second kappa shape index (κ2) is 4.23. The molecule has 1 aliphatic carbocycles. The third-order valence-corrected chi connectivity index (χ3v) is 4.43. The van der Waals surface area contributed by atoms with Crippen LogP contribution in [0.3, 0.4) is 0 Å². The second-order valence-electron chi connectivity index (χ2n) is 3.63. The zero-order chi connectivity index (χ0) is 10.1. The van der Waals surface area contributed by atoms with Crippen molar-refractivity contribution < 1.29 is 4.74 Å². The number of halogens is 2. The molecule has 1 nitrogen and oxygen atoms in total. The lowest BCUT2D eigenvalue weighted by Gasteiger charge is -2.10. The maximum absolute atomic E-state index is 5.19. The summed E-state index contributed by atoms with van der Waals surface area (Å²) in [6, 6.07) is 6.27. The van der Waals surface area contributed by atoms with Gasteiger partial charge >= 0.3 is 0 Å². The van der Waals surface area contributed by atoms with E-state index >= 15 is 0 Å². The highest BCUT2D eigenvalue weighted by molar-refractivity contribution is 9.10. The van der Waals surface area contributed by atoms with Crippen molar-refractivity contribution in [1.29, 1.82) is 0 Å². The summed E-state index contributed by atoms with van der Waals surface area (Å²) in [6.07, 6.45) is 2.69. The first-order chi connectivity index (χ1) is 6.72. The molecule has 76 valence electrons. The van der Waals surface area contributed by atoms with Crippen molar-refractivity contribution >= 4 is 31.9 Å². The van der Waals surface area contributed by atoms with Crippen LogP contribution in [0, 0.1) is 5.92 Å². The molecule has 3 heteroatoms. The topological polar surface area (TPSA) is 9.23 Å². The van der Waals surface area contributed by atoms with Gasteiger partial charge in [-0.3, -0.25) is 0 Å². The predicted molar refractivity (Wildman–Crippen MR) is 65.1 cm³/mol. The van der Waals surface area contributed by atoms with Crippen LogP contribution in [0.15, 0.2) is 22.7 Å². The van der Waals surface area contributed by atoms with E-state index in [0.717, 1.165) is 16.1 Å². The number of alkyl halides is 1. The molecule has 0 N–H and O–H groups in total. The Balaban J connectivity index is 2.22. The number of ether oxygens (including phenoxy) is 1. The van der Waals surface area contributed by atoms with Gasteiger partial charge in [-0.25, -0.2) is 0 Å². The van der Waals surface area contributed by atoms with Crippen molar-refractivity contribution in [2.45, 2.75) is 17.7 Å². The molecule has 0 aliphatic heterocycles. The summed E-state index contributed by atoms with van der Waals surface area (Å²) in [4.78, 5) is 0.504. The third kappa shape index (κ3) is 2.14. The summed E-state index contributed by atoms with van der Waals surface area (Å²) >= 11 is 7.23. The van der Waals surface area contributed by atoms with E-state index in [-0.39, 0.29) is 0 Å². The molecule has 1 saturated carbocycles. The van der Waals surface area contributed by atoms with Gasteiger partial charge in [0, 0.05) is 4.83 Å². The fourth-order valence-corrected chi connectivity index (χ4v) is 2.89. The largest absolute Gasteiger partial charge is 0.496 e. The lowest BCUT2D eigenvalue weighted by Crippen LogP contribution is -1.93. The van der Waals surface area contributed by atoms with E-state index in [1.165, 1.54) is 18.4 Å². The first-order valence-corrected chi connectivity index (χ1v) is 6.40. The molecule has 1 fully saturated rings. The first kappa shape index (κ1) is 10.5. The number of rotatable bonds is 3. The molecule has 1 aromatic rings. The summed E-state index contributed by atoms with van der Waals surface area (Å²) in [5, 5.41) is 0. The number of hydrogen-bond donors (Lipinski definition) is 0. The van der Waals surface area contributed by atoms with E-state index in [0.29, 0.717) is 4.83 Å². The van der Waals surface area contributed by atoms with Crippen molar-refractivity contribution in [3.63, 3.8) is 0 Å². The number of hydrogen-bond acceptors (Lipinski definition) is 1. The van der Waals surface area contributed by atoms with Crippen molar-refractivity contribution in [3.05, 3.63) is 28.2 Å². The summed E-state index contributed by atoms with van der Waals surface area (Å²) in [7, 11) is 1.69. The molecular formula is C11H12Br2O. The Morgan fingerprint density at radius 1 is 1.43 bits per heavy atom. The van der Waals surface area contributed by atoms with E-state index in [9.17, 15) is 0 Å². The minimum absolute atomic E-state index is 0.504. The molecule has 0 amide bonds. The average molecular weight is 320 g/mol. The Labute approximate surface area is 101 Å². The second-order valence-corrected chi connectivity index (χ2v) is 5.47. The fourth-order valence-electron chi connectivity index (χ4n) is 1.52. The van der Waals surface area contributed by atoms with Crippen LogP contribution in [0.1, 0.15) is 23.2 Å². The van der Waals surface area contributed by atoms with Crippen LogP contribution in [0.5, 0.6) is 5.75 Å². The molecule has 0 heterocycles. The van der Waals surface area contributed by atoms with Gasteiger partial charge in [-0.15, -0.1) is 0 Å². The van der Waals surface area contributed by atoms with E-state index in [4.69, 9.17) is 4.74 Å². The van der Waals surface area contributed by atoms with Gasteiger partial charge in [0.25, 0.3) is 0 Å². The molecule has 0 spiro atoms. The monoisotopic (exact) mass is 318 g/mol. The maximum atomic E-state index is 5.19. The lowest BCUT2D eigenvalue weighted by atomic mass is 10.1. The molecule has 2 rings (SSSR count). The zero-order valence-electron chi connectivity index (χ0n) is 7.97. The van der Waals surface area contributed by atoms with Gasteiger partial charge in [-0.05, 0) is 52.4 Å². The van der Waals surface area contributed by atoms with E-state index < -0.39 is 0 Å². The van der Waals surface area contributed by atoms with E-state index in [1.54, 1.807) is 7.11 Å². The molecule has 1 aromatic carbocycles. The Hall–Kier alpha value is -0.0200. The highest BCUT2D eigenvalue weighted by Gasteiger charge is 2.30. The normalized spacial score (nSPS) is 17.9. The first-order valence-electron chi connectivity index (χ1n) is 4.70. The molecule has 0 aromatic heterocycles. The van der Waals surface area contributed by atoms with Crippen molar-refractivity contribution in [1.82, 2.24) is 0 Å². The molecule has 0 saturated heterocycles. The smallest absolute Gasteiger partial charge is 0.133 e. The van der Waals surface area contributed by atoms with E-state index in [2.05, 4.69) is 44.0 Å². The number of benzene rings is 1. The fraction of sp³-hybridized carbons (Fsp3) is 0.455. The van der Waals surface area contributed by atoms with Gasteiger partial charge in [-0.2, -0.15) is 0 Å². The summed E-state index contributed by atoms with van der Waals surface area (Å²) in [6.45, 7) is 0. The molecular weight excluding hydrogens is 308 g/mol. The van der Waals surface area contributed by atoms with Crippen LogP contribution in [-0.4, -0.2) is 7.11 Å². The minimum atomic E-state index is 0.504. The quantitative estimate of drug-likeness (QED) is 0.755. The Kier molecular flexibility index (Phi) is 3.17. The van der Waals surface area contributed by atoms with Crippen LogP contribution in [0.4, 0.5) is 0 Å². The molecule has 1 atom stereocenters. The van der Waals surface area contributed by atoms with Crippen molar-refractivity contribution in [3.8, 4) is 5.75 Å². The van der Waals surface area contributed by atoms with Crippen LogP contribution >= 0.6 is 31.9 Å². The SMILES string of the molecule is COc1ccc(C(Br)C2CC2)cc1Br. The number of methoxy groups -OCH3 is 1. The van der Waals surface area contributed by atoms with Gasteiger partial charge in [0.15, 0.2) is 0 Å². The molecule has 14 heavy (non-hydrogen) atoms. The van der Waals surface area contributed by atoms with Crippen molar-refractivity contribution in [2.75, 3.05) is 7.11 Å². The molecule has 1 aliphatic rings. The minimum Gasteiger partial charge on any atom is -0.496 e. The molecule has 0 radical (unpaired) electrons. The Bertz CT molecular complexity index is 334. The summed E-state index contributed by atoms with van der Waals surface area (Å²) < 4.78 is 6.22. The predicted octanol–water partition coefficient (Wildman–Crippen LogP) is 4.30. The Morgan fingerprint density at radius 2 is 2.14 bits per heavy atom. The standard InChI is InChI=1S/C11H12Br2O/c1-14-10-5-4-8(6-9(10)12)11(13)7-2-3-7/h4-7,11H,2-3H2,1H3. The summed E-state index contributed by atoms with van der Waals surface area (Å²) in [5.41, 5.74) is 1.33. The van der Waals surface area contributed by atoms with Crippen LogP contribution in [0.2, 0.25) is 0 Å². The third-order valence-electron chi connectivity index (χ3n) is 2.53. The highest BCUT2D eigenvalue weighted by atomic mass is 79.9. The van der Waals surface area contributed by atoms with Crippen LogP contribution < -0.4 is 4.74 Å². The molecule has 1 unspecified atom stereocenters. The van der Waals surface area contributed by atoms with Gasteiger partial charge in [-0.1, -0.05) is 22.0 Å². The van der Waals surface area contributed by atoms with Gasteiger partial charge in [0.05, 0.1) is 11.6 Å². The van der Waals surface area contributed by atoms with Gasteiger partial charge in [0.2, 0.25) is 0 Å². The van der Waals surface area contributed by atoms with Crippen LogP contribution in [-0.2, 0) is 0 Å². The maximum Gasteiger partial charge on any atom is 0.133 e. The van der Waals surface area contributed by atoms with Crippen LogP contribution in [0.25, 0.3) is 0 Å².